The first kappa shape index (κ1) is 13.0. The van der Waals surface area contributed by atoms with Gasteiger partial charge in [0.05, 0.1) is 5.38 Å². The smallest absolute Gasteiger partial charge is 0.0616 e. The Hall–Kier alpha value is -0.490. The normalized spacial score (nSPS) is 19.9. The van der Waals surface area contributed by atoms with Gasteiger partial charge in [-0.15, -0.1) is 11.6 Å². The zero-order valence-corrected chi connectivity index (χ0v) is 11.8. The van der Waals surface area contributed by atoms with E-state index in [9.17, 15) is 0 Å². The summed E-state index contributed by atoms with van der Waals surface area (Å²) in [5, 5.41) is 0.216. The van der Waals surface area contributed by atoms with Crippen LogP contribution >= 0.6 is 11.6 Å². The Balaban J connectivity index is 2.16. The zero-order valence-electron chi connectivity index (χ0n) is 11.0. The minimum absolute atomic E-state index is 0.216. The van der Waals surface area contributed by atoms with Crippen LogP contribution in [-0.4, -0.2) is 0 Å². The van der Waals surface area contributed by atoms with Crippen molar-refractivity contribution in [1.82, 2.24) is 0 Å². The van der Waals surface area contributed by atoms with Crippen LogP contribution in [0.3, 0.4) is 0 Å². The molecule has 0 spiro atoms. The van der Waals surface area contributed by atoms with Gasteiger partial charge >= 0.3 is 0 Å². The second-order valence-corrected chi connectivity index (χ2v) is 5.98. The van der Waals surface area contributed by atoms with E-state index in [-0.39, 0.29) is 5.38 Å². The number of alkyl halides is 1. The summed E-state index contributed by atoms with van der Waals surface area (Å²) >= 11 is 6.73. The number of aryl methyl sites for hydroxylation is 2. The van der Waals surface area contributed by atoms with Gasteiger partial charge in [-0.05, 0) is 43.7 Å². The van der Waals surface area contributed by atoms with Gasteiger partial charge in [0.1, 0.15) is 0 Å². The van der Waals surface area contributed by atoms with Crippen LogP contribution in [0.25, 0.3) is 0 Å². The fraction of sp³-hybridized carbons (Fsp3) is 0.625. The first-order chi connectivity index (χ1) is 8.18. The van der Waals surface area contributed by atoms with Crippen molar-refractivity contribution in [3.8, 4) is 0 Å². The van der Waals surface area contributed by atoms with Crippen LogP contribution in [0.15, 0.2) is 18.2 Å². The van der Waals surface area contributed by atoms with Crippen LogP contribution in [0.4, 0.5) is 0 Å². The maximum absolute atomic E-state index is 6.73. The minimum atomic E-state index is 0.216. The summed E-state index contributed by atoms with van der Waals surface area (Å²) in [6, 6.07) is 6.66. The van der Waals surface area contributed by atoms with Gasteiger partial charge < -0.3 is 0 Å². The van der Waals surface area contributed by atoms with Crippen LogP contribution < -0.4 is 0 Å². The molecule has 0 aliphatic heterocycles. The van der Waals surface area contributed by atoms with E-state index >= 15 is 0 Å². The Morgan fingerprint density at radius 2 is 1.71 bits per heavy atom. The van der Waals surface area contributed by atoms with Crippen molar-refractivity contribution in [2.75, 3.05) is 0 Å². The molecule has 94 valence electrons. The van der Waals surface area contributed by atoms with Crippen LogP contribution in [0.1, 0.15) is 60.6 Å². The van der Waals surface area contributed by atoms with Crippen molar-refractivity contribution < 1.29 is 0 Å². The third-order valence-electron chi connectivity index (χ3n) is 4.05. The molecule has 0 bridgehead atoms. The molecule has 2 rings (SSSR count). The predicted octanol–water partition coefficient (Wildman–Crippen LogP) is 5.55. The molecule has 0 nitrogen and oxygen atoms in total. The molecule has 0 aromatic heterocycles. The summed E-state index contributed by atoms with van der Waals surface area (Å²) in [5.41, 5.74) is 4.03. The molecular formula is C16H23Cl. The lowest BCUT2D eigenvalue weighted by Crippen LogP contribution is -2.08. The Kier molecular flexibility index (Phi) is 4.50. The van der Waals surface area contributed by atoms with Crippen LogP contribution in [0, 0.1) is 19.8 Å². The highest BCUT2D eigenvalue weighted by Gasteiger charge is 2.23. The van der Waals surface area contributed by atoms with Gasteiger partial charge in [0, 0.05) is 0 Å². The largest absolute Gasteiger partial charge is 0.118 e. The summed E-state index contributed by atoms with van der Waals surface area (Å²) in [6.07, 6.45) is 8.13. The third-order valence-corrected chi connectivity index (χ3v) is 4.64. The molecule has 1 aliphatic rings. The lowest BCUT2D eigenvalue weighted by Gasteiger charge is -2.22. The van der Waals surface area contributed by atoms with Crippen LogP contribution in [0.5, 0.6) is 0 Å². The summed E-state index contributed by atoms with van der Waals surface area (Å²) in [7, 11) is 0. The van der Waals surface area contributed by atoms with E-state index in [4.69, 9.17) is 11.6 Å². The van der Waals surface area contributed by atoms with E-state index in [2.05, 4.69) is 32.0 Å². The Morgan fingerprint density at radius 1 is 1.06 bits per heavy atom. The van der Waals surface area contributed by atoms with Gasteiger partial charge in [-0.3, -0.25) is 0 Å². The first-order valence-electron chi connectivity index (χ1n) is 6.89. The van der Waals surface area contributed by atoms with Crippen molar-refractivity contribution in [2.24, 2.45) is 5.92 Å². The number of benzene rings is 1. The highest BCUT2D eigenvalue weighted by atomic mass is 35.5. The second kappa shape index (κ2) is 5.91. The molecule has 0 heterocycles. The maximum Gasteiger partial charge on any atom is 0.0616 e. The fourth-order valence-corrected chi connectivity index (χ4v) is 3.40. The van der Waals surface area contributed by atoms with Gasteiger partial charge in [0.15, 0.2) is 0 Å². The fourth-order valence-electron chi connectivity index (χ4n) is 2.91. The molecule has 1 saturated carbocycles. The molecule has 1 atom stereocenters. The van der Waals surface area contributed by atoms with Gasteiger partial charge in [-0.25, -0.2) is 0 Å². The van der Waals surface area contributed by atoms with Crippen molar-refractivity contribution in [3.63, 3.8) is 0 Å². The predicted molar refractivity (Wildman–Crippen MR) is 75.7 cm³/mol. The van der Waals surface area contributed by atoms with Crippen molar-refractivity contribution >= 4 is 11.6 Å². The highest BCUT2D eigenvalue weighted by molar-refractivity contribution is 6.21. The summed E-state index contributed by atoms with van der Waals surface area (Å²) < 4.78 is 0. The second-order valence-electron chi connectivity index (χ2n) is 5.51. The SMILES string of the molecule is Cc1ccc(C)c(C(Cl)C2CCCCCC2)c1. The molecule has 1 aliphatic carbocycles. The average Bonchev–Trinajstić information content (AvgIpc) is 2.60. The molecular weight excluding hydrogens is 228 g/mol. The van der Waals surface area contributed by atoms with E-state index in [1.807, 2.05) is 0 Å². The van der Waals surface area contributed by atoms with E-state index in [1.54, 1.807) is 0 Å². The van der Waals surface area contributed by atoms with E-state index < -0.39 is 0 Å². The third kappa shape index (κ3) is 3.25. The monoisotopic (exact) mass is 250 g/mol. The molecule has 0 N–H and O–H groups in total. The molecule has 17 heavy (non-hydrogen) atoms. The lowest BCUT2D eigenvalue weighted by atomic mass is 9.89. The topological polar surface area (TPSA) is 0 Å². The van der Waals surface area contributed by atoms with Crippen LogP contribution in [-0.2, 0) is 0 Å². The summed E-state index contributed by atoms with van der Waals surface area (Å²) in [4.78, 5) is 0. The van der Waals surface area contributed by atoms with Gasteiger partial charge in [-0.1, -0.05) is 49.4 Å². The number of halogens is 1. The molecule has 0 radical (unpaired) electrons. The molecule has 1 aromatic rings. The average molecular weight is 251 g/mol. The number of rotatable bonds is 2. The van der Waals surface area contributed by atoms with Crippen LogP contribution in [0.2, 0.25) is 0 Å². The van der Waals surface area contributed by atoms with Crippen molar-refractivity contribution in [2.45, 2.75) is 57.7 Å². The molecule has 1 aromatic carbocycles. The molecule has 1 unspecified atom stereocenters. The van der Waals surface area contributed by atoms with Gasteiger partial charge in [0.25, 0.3) is 0 Å². The van der Waals surface area contributed by atoms with E-state index in [0.29, 0.717) is 5.92 Å². The number of hydrogen-bond acceptors (Lipinski definition) is 0. The van der Waals surface area contributed by atoms with Gasteiger partial charge in [-0.2, -0.15) is 0 Å². The minimum Gasteiger partial charge on any atom is -0.118 e. The summed E-state index contributed by atoms with van der Waals surface area (Å²) in [5.74, 6) is 0.680. The first-order valence-corrected chi connectivity index (χ1v) is 7.33. The van der Waals surface area contributed by atoms with Gasteiger partial charge in [0.2, 0.25) is 0 Å². The Morgan fingerprint density at radius 3 is 2.35 bits per heavy atom. The van der Waals surface area contributed by atoms with Crippen molar-refractivity contribution in [3.05, 3.63) is 34.9 Å². The molecule has 0 saturated heterocycles. The Bertz CT molecular complexity index is 362. The molecule has 0 amide bonds. The van der Waals surface area contributed by atoms with Crippen molar-refractivity contribution in [1.29, 1.82) is 0 Å². The summed E-state index contributed by atoms with van der Waals surface area (Å²) in [6.45, 7) is 4.33. The highest BCUT2D eigenvalue weighted by Crippen LogP contribution is 2.39. The zero-order chi connectivity index (χ0) is 12.3. The quantitative estimate of drug-likeness (QED) is 0.477. The Labute approximate surface area is 110 Å². The molecule has 1 fully saturated rings. The van der Waals surface area contributed by atoms with E-state index in [1.165, 1.54) is 55.2 Å². The molecule has 1 heteroatoms. The maximum atomic E-state index is 6.73. The lowest BCUT2D eigenvalue weighted by molar-refractivity contribution is 0.444. The standard InChI is InChI=1S/C16H23Cl/c1-12-9-10-13(2)15(11-12)16(17)14-7-5-3-4-6-8-14/h9-11,14,16H,3-8H2,1-2H3. The van der Waals surface area contributed by atoms with E-state index in [0.717, 1.165) is 0 Å². The number of hydrogen-bond donors (Lipinski definition) is 0.